The predicted octanol–water partition coefficient (Wildman–Crippen LogP) is 1.07. The molecule has 1 aliphatic rings. The first-order valence-electron chi connectivity index (χ1n) is 7.75. The third-order valence-corrected chi connectivity index (χ3v) is 4.17. The summed E-state index contributed by atoms with van der Waals surface area (Å²) in [6.07, 6.45) is 5.41. The number of aliphatic carboxylic acids is 1. The van der Waals surface area contributed by atoms with Gasteiger partial charge in [0, 0.05) is 31.1 Å². The van der Waals surface area contributed by atoms with E-state index in [-0.39, 0.29) is 12.3 Å². The number of H-pyrrole nitrogens is 1. The van der Waals surface area contributed by atoms with Crippen molar-refractivity contribution in [3.05, 3.63) is 59.8 Å². The van der Waals surface area contributed by atoms with Crippen LogP contribution < -0.4 is 0 Å². The first-order chi connectivity index (χ1) is 12.1. The Bertz CT molecular complexity index is 911. The summed E-state index contributed by atoms with van der Waals surface area (Å²) in [5.41, 5.74) is 1.12. The van der Waals surface area contributed by atoms with E-state index >= 15 is 0 Å². The molecule has 9 nitrogen and oxygen atoms in total. The van der Waals surface area contributed by atoms with Crippen molar-refractivity contribution >= 4 is 11.9 Å². The lowest BCUT2D eigenvalue weighted by Crippen LogP contribution is -2.43. The maximum absolute atomic E-state index is 12.8. The molecule has 9 heteroatoms. The topological polar surface area (TPSA) is 117 Å². The number of imidazole rings is 1. The molecular formula is C16H15N5O4. The molecule has 0 saturated carbocycles. The number of fused-ring (bicyclic) bond motifs is 1. The average molecular weight is 341 g/mol. The molecule has 1 aliphatic heterocycles. The molecule has 0 aliphatic carbocycles. The van der Waals surface area contributed by atoms with Crippen molar-refractivity contribution in [3.8, 4) is 0 Å². The molecule has 128 valence electrons. The van der Waals surface area contributed by atoms with Crippen LogP contribution in [0.2, 0.25) is 0 Å². The van der Waals surface area contributed by atoms with Crippen LogP contribution >= 0.6 is 0 Å². The molecule has 1 amide bonds. The number of nitrogens with one attached hydrogen (secondary N) is 1. The summed E-state index contributed by atoms with van der Waals surface area (Å²) in [4.78, 5) is 32.7. The maximum Gasteiger partial charge on any atom is 0.332 e. The molecule has 3 aromatic rings. The number of amides is 1. The maximum atomic E-state index is 12.8. The van der Waals surface area contributed by atoms with Gasteiger partial charge in [0.25, 0.3) is 5.91 Å². The fourth-order valence-corrected chi connectivity index (χ4v) is 3.02. The zero-order chi connectivity index (χ0) is 17.4. The van der Waals surface area contributed by atoms with Crippen molar-refractivity contribution in [1.29, 1.82) is 0 Å². The monoisotopic (exact) mass is 341 g/mol. The number of aromatic nitrogens is 4. The normalized spacial score (nSPS) is 16.6. The van der Waals surface area contributed by atoms with Crippen LogP contribution in [0.25, 0.3) is 0 Å². The van der Waals surface area contributed by atoms with Gasteiger partial charge >= 0.3 is 5.97 Å². The van der Waals surface area contributed by atoms with Gasteiger partial charge in [-0.3, -0.25) is 9.48 Å². The van der Waals surface area contributed by atoms with Gasteiger partial charge in [0.1, 0.15) is 5.76 Å². The smallest absolute Gasteiger partial charge is 0.332 e. The highest BCUT2D eigenvalue weighted by atomic mass is 16.4. The molecule has 4 heterocycles. The minimum atomic E-state index is -1.12. The van der Waals surface area contributed by atoms with Gasteiger partial charge in [-0.15, -0.1) is 0 Å². The van der Waals surface area contributed by atoms with Crippen molar-refractivity contribution < 1.29 is 19.1 Å². The van der Waals surface area contributed by atoms with Gasteiger partial charge in [0.05, 0.1) is 18.6 Å². The zero-order valence-corrected chi connectivity index (χ0v) is 13.1. The van der Waals surface area contributed by atoms with Gasteiger partial charge in [0.15, 0.2) is 11.8 Å². The van der Waals surface area contributed by atoms with Crippen LogP contribution in [0, 0.1) is 0 Å². The van der Waals surface area contributed by atoms with Crippen LogP contribution in [0.4, 0.5) is 0 Å². The summed E-state index contributed by atoms with van der Waals surface area (Å²) in [5.74, 6) is -0.915. The molecule has 0 spiro atoms. The molecule has 0 aromatic carbocycles. The first kappa shape index (κ1) is 15.2. The predicted molar refractivity (Wildman–Crippen MR) is 83.7 cm³/mol. The lowest BCUT2D eigenvalue weighted by Gasteiger charge is -2.31. The van der Waals surface area contributed by atoms with E-state index in [1.807, 2.05) is 0 Å². The summed E-state index contributed by atoms with van der Waals surface area (Å²) >= 11 is 0. The SMILES string of the molecule is O=C(O)[C@@H]1c2nc[nH]c2CCN1C(=O)c1ccc(Cn2cccn2)o1. The second-order valence-electron chi connectivity index (χ2n) is 5.73. The Morgan fingerprint density at radius 1 is 1.40 bits per heavy atom. The van der Waals surface area contributed by atoms with Crippen LogP contribution in [0.1, 0.15) is 33.7 Å². The minimum Gasteiger partial charge on any atom is -0.479 e. The Labute approximate surface area is 141 Å². The molecule has 0 fully saturated rings. The van der Waals surface area contributed by atoms with E-state index in [4.69, 9.17) is 4.42 Å². The fourth-order valence-electron chi connectivity index (χ4n) is 3.02. The number of hydrogen-bond acceptors (Lipinski definition) is 5. The Morgan fingerprint density at radius 2 is 2.28 bits per heavy atom. The summed E-state index contributed by atoms with van der Waals surface area (Å²) in [5, 5.41) is 13.6. The molecule has 0 unspecified atom stereocenters. The van der Waals surface area contributed by atoms with Crippen LogP contribution in [0.15, 0.2) is 41.3 Å². The number of carbonyl (C=O) groups excluding carboxylic acids is 1. The van der Waals surface area contributed by atoms with Crippen LogP contribution in [-0.4, -0.2) is 48.2 Å². The number of aromatic amines is 1. The number of furan rings is 1. The summed E-state index contributed by atoms with van der Waals surface area (Å²) in [7, 11) is 0. The van der Waals surface area contributed by atoms with Gasteiger partial charge in [-0.05, 0) is 18.2 Å². The highest BCUT2D eigenvalue weighted by Crippen LogP contribution is 2.29. The molecule has 0 radical (unpaired) electrons. The Hall–Kier alpha value is -3.36. The quantitative estimate of drug-likeness (QED) is 0.733. The molecule has 2 N–H and O–H groups in total. The van der Waals surface area contributed by atoms with Crippen molar-refractivity contribution in [2.75, 3.05) is 6.54 Å². The molecule has 4 rings (SSSR count). The number of hydrogen-bond donors (Lipinski definition) is 2. The molecule has 3 aromatic heterocycles. The van der Waals surface area contributed by atoms with Crippen molar-refractivity contribution in [3.63, 3.8) is 0 Å². The summed E-state index contributed by atoms with van der Waals surface area (Å²) < 4.78 is 7.27. The van der Waals surface area contributed by atoms with Gasteiger partial charge < -0.3 is 19.4 Å². The fraction of sp³-hybridized carbons (Fsp3) is 0.250. The van der Waals surface area contributed by atoms with Gasteiger partial charge in [0.2, 0.25) is 0 Å². The van der Waals surface area contributed by atoms with Crippen LogP contribution in [-0.2, 0) is 17.8 Å². The number of carbonyl (C=O) groups is 2. The second kappa shape index (κ2) is 5.93. The standard InChI is InChI=1S/C16H15N5O4/c22-15(12-3-2-10(25-12)8-20-6-1-5-19-20)21-7-4-11-13(18-9-17-11)14(21)16(23)24/h1-3,5-6,9,14H,4,7-8H2,(H,17,18)(H,23,24)/t14-/m0/s1. The number of carboxylic acids is 1. The molecule has 0 saturated heterocycles. The average Bonchev–Trinajstić information content (AvgIpc) is 3.34. The molecule has 25 heavy (non-hydrogen) atoms. The van der Waals surface area contributed by atoms with Crippen molar-refractivity contribution in [1.82, 2.24) is 24.6 Å². The van der Waals surface area contributed by atoms with Crippen molar-refractivity contribution in [2.24, 2.45) is 0 Å². The largest absolute Gasteiger partial charge is 0.479 e. The van der Waals surface area contributed by atoms with Gasteiger partial charge in [-0.1, -0.05) is 0 Å². The lowest BCUT2D eigenvalue weighted by molar-refractivity contribution is -0.143. The van der Waals surface area contributed by atoms with Gasteiger partial charge in [-0.2, -0.15) is 5.10 Å². The van der Waals surface area contributed by atoms with E-state index in [0.29, 0.717) is 24.4 Å². The third kappa shape index (κ3) is 2.69. The van der Waals surface area contributed by atoms with E-state index in [0.717, 1.165) is 5.69 Å². The Balaban J connectivity index is 1.58. The number of rotatable bonds is 4. The second-order valence-corrected chi connectivity index (χ2v) is 5.73. The molecule has 1 atom stereocenters. The van der Waals surface area contributed by atoms with E-state index in [2.05, 4.69) is 15.1 Å². The molecular weight excluding hydrogens is 326 g/mol. The summed E-state index contributed by atoms with van der Waals surface area (Å²) in [6.45, 7) is 0.673. The summed E-state index contributed by atoms with van der Waals surface area (Å²) in [6, 6.07) is 3.92. The molecule has 0 bridgehead atoms. The van der Waals surface area contributed by atoms with Crippen molar-refractivity contribution in [2.45, 2.75) is 19.0 Å². The first-order valence-corrected chi connectivity index (χ1v) is 7.75. The minimum absolute atomic E-state index is 0.104. The number of carboxylic acid groups (broad SMARTS) is 1. The Kier molecular flexibility index (Phi) is 3.60. The van der Waals surface area contributed by atoms with E-state index in [9.17, 15) is 14.7 Å². The lowest BCUT2D eigenvalue weighted by atomic mass is 10.0. The van der Waals surface area contributed by atoms with Crippen LogP contribution in [0.5, 0.6) is 0 Å². The van der Waals surface area contributed by atoms with E-state index in [1.165, 1.54) is 11.2 Å². The van der Waals surface area contributed by atoms with E-state index < -0.39 is 17.9 Å². The zero-order valence-electron chi connectivity index (χ0n) is 13.1. The Morgan fingerprint density at radius 3 is 3.04 bits per heavy atom. The highest BCUT2D eigenvalue weighted by Gasteiger charge is 2.39. The third-order valence-electron chi connectivity index (χ3n) is 4.17. The highest BCUT2D eigenvalue weighted by molar-refractivity contribution is 5.95. The number of nitrogens with zero attached hydrogens (tertiary/aromatic N) is 4. The van der Waals surface area contributed by atoms with Crippen LogP contribution in [0.3, 0.4) is 0 Å². The van der Waals surface area contributed by atoms with Gasteiger partial charge in [-0.25, -0.2) is 9.78 Å². The van der Waals surface area contributed by atoms with E-state index in [1.54, 1.807) is 35.3 Å².